The van der Waals surface area contributed by atoms with Crippen LogP contribution in [0.25, 0.3) is 0 Å². The minimum Gasteiger partial charge on any atom is -0.396 e. The third-order valence-electron chi connectivity index (χ3n) is 2.44. The van der Waals surface area contributed by atoms with Gasteiger partial charge in [-0.05, 0) is 18.8 Å². The Balaban J connectivity index is 2.56. The van der Waals surface area contributed by atoms with Gasteiger partial charge in [-0.3, -0.25) is 4.79 Å². The first-order chi connectivity index (χ1) is 6.45. The summed E-state index contributed by atoms with van der Waals surface area (Å²) < 4.78 is 25.4. The average Bonchev–Trinajstić information content (AvgIpc) is 2.15. The summed E-state index contributed by atoms with van der Waals surface area (Å²) in [5.74, 6) is -4.47. The van der Waals surface area contributed by atoms with Gasteiger partial charge in [-0.1, -0.05) is 0 Å². The predicted octanol–water partition coefficient (Wildman–Crippen LogP) is 0.873. The van der Waals surface area contributed by atoms with Crippen LogP contribution in [0, 0.1) is 5.92 Å². The minimum atomic E-state index is -3.29. The Hall–Kier alpha value is -0.710. The molecule has 0 radical (unpaired) electrons. The van der Waals surface area contributed by atoms with Gasteiger partial charge >= 0.3 is 5.92 Å². The summed E-state index contributed by atoms with van der Waals surface area (Å²) in [6.45, 7) is 1.19. The first-order valence-corrected chi connectivity index (χ1v) is 4.73. The molecule has 0 aromatic heterocycles. The highest BCUT2D eigenvalue weighted by Crippen LogP contribution is 2.21. The molecule has 1 unspecified atom stereocenters. The Kier molecular flexibility index (Phi) is 3.42. The van der Waals surface area contributed by atoms with E-state index < -0.39 is 11.8 Å². The molecule has 0 spiro atoms. The third-order valence-corrected chi connectivity index (χ3v) is 2.44. The maximum Gasteiger partial charge on any atom is 0.322 e. The Morgan fingerprint density at radius 3 is 2.79 bits per heavy atom. The van der Waals surface area contributed by atoms with Gasteiger partial charge in [-0.15, -0.1) is 0 Å². The van der Waals surface area contributed by atoms with Crippen LogP contribution in [-0.4, -0.2) is 41.5 Å². The van der Waals surface area contributed by atoms with E-state index in [1.165, 1.54) is 0 Å². The van der Waals surface area contributed by atoms with Crippen LogP contribution in [-0.2, 0) is 4.79 Å². The van der Waals surface area contributed by atoms with Crippen molar-refractivity contribution in [2.75, 3.05) is 19.7 Å². The number of aliphatic hydroxyl groups excluding tert-OH is 1. The summed E-state index contributed by atoms with van der Waals surface area (Å²) in [6, 6.07) is 0. The predicted molar refractivity (Wildman–Crippen MR) is 47.0 cm³/mol. The summed E-state index contributed by atoms with van der Waals surface area (Å²) >= 11 is 0. The molecule has 1 aliphatic heterocycles. The van der Waals surface area contributed by atoms with E-state index in [4.69, 9.17) is 5.11 Å². The van der Waals surface area contributed by atoms with Crippen LogP contribution in [0.3, 0.4) is 0 Å². The second kappa shape index (κ2) is 4.21. The van der Waals surface area contributed by atoms with Gasteiger partial charge in [0, 0.05) is 26.6 Å². The number of rotatable bonds is 2. The average molecular weight is 207 g/mol. The number of carbonyl (C=O) groups is 1. The fraction of sp³-hybridized carbons (Fsp3) is 0.889. The third kappa shape index (κ3) is 2.64. The molecule has 1 rings (SSSR count). The van der Waals surface area contributed by atoms with Gasteiger partial charge in [-0.2, -0.15) is 8.78 Å². The summed E-state index contributed by atoms with van der Waals surface area (Å²) in [5, 5.41) is 8.87. The van der Waals surface area contributed by atoms with Crippen molar-refractivity contribution in [1.29, 1.82) is 0 Å². The van der Waals surface area contributed by atoms with E-state index in [0.29, 0.717) is 19.9 Å². The van der Waals surface area contributed by atoms with E-state index in [0.717, 1.165) is 11.3 Å². The van der Waals surface area contributed by atoms with Crippen molar-refractivity contribution in [2.24, 2.45) is 5.92 Å². The van der Waals surface area contributed by atoms with Crippen molar-refractivity contribution in [1.82, 2.24) is 4.90 Å². The Bertz CT molecular complexity index is 215. The molecule has 82 valence electrons. The molecule has 1 amide bonds. The molecule has 1 atom stereocenters. The van der Waals surface area contributed by atoms with Crippen molar-refractivity contribution >= 4 is 5.91 Å². The molecule has 3 nitrogen and oxygen atoms in total. The molecule has 1 saturated heterocycles. The van der Waals surface area contributed by atoms with Crippen molar-refractivity contribution in [3.63, 3.8) is 0 Å². The van der Waals surface area contributed by atoms with E-state index in [-0.39, 0.29) is 19.1 Å². The van der Waals surface area contributed by atoms with Gasteiger partial charge in [0.15, 0.2) is 0 Å². The lowest BCUT2D eigenvalue weighted by Gasteiger charge is -2.33. The van der Waals surface area contributed by atoms with E-state index in [9.17, 15) is 13.6 Å². The lowest BCUT2D eigenvalue weighted by Crippen LogP contribution is -2.47. The fourth-order valence-electron chi connectivity index (χ4n) is 1.68. The molecule has 0 saturated carbocycles. The zero-order valence-corrected chi connectivity index (χ0v) is 8.17. The number of alkyl halides is 2. The van der Waals surface area contributed by atoms with Gasteiger partial charge in [0.05, 0.1) is 0 Å². The molecule has 1 heterocycles. The Labute approximate surface area is 81.7 Å². The topological polar surface area (TPSA) is 40.5 Å². The number of piperidine rings is 1. The molecular weight excluding hydrogens is 192 g/mol. The van der Waals surface area contributed by atoms with Gasteiger partial charge in [0.25, 0.3) is 5.91 Å². The number of amides is 1. The van der Waals surface area contributed by atoms with Gasteiger partial charge in [0.2, 0.25) is 0 Å². The number of hydrogen-bond acceptors (Lipinski definition) is 2. The lowest BCUT2D eigenvalue weighted by atomic mass is 9.98. The van der Waals surface area contributed by atoms with Crippen molar-refractivity contribution in [3.8, 4) is 0 Å². The summed E-state index contributed by atoms with van der Waals surface area (Å²) in [4.78, 5) is 12.3. The van der Waals surface area contributed by atoms with Gasteiger partial charge < -0.3 is 10.0 Å². The highest BCUT2D eigenvalue weighted by molar-refractivity contribution is 5.83. The van der Waals surface area contributed by atoms with E-state index in [1.54, 1.807) is 0 Å². The first-order valence-electron chi connectivity index (χ1n) is 4.73. The first kappa shape index (κ1) is 11.4. The van der Waals surface area contributed by atoms with E-state index >= 15 is 0 Å². The number of aliphatic hydroxyl groups is 1. The normalized spacial score (nSPS) is 23.7. The summed E-state index contributed by atoms with van der Waals surface area (Å²) in [7, 11) is 0. The summed E-state index contributed by atoms with van der Waals surface area (Å²) in [6.07, 6.45) is 1.49. The number of halogens is 2. The molecule has 0 aromatic carbocycles. The van der Waals surface area contributed by atoms with E-state index in [1.807, 2.05) is 0 Å². The number of likely N-dealkylation sites (tertiary alicyclic amines) is 1. The molecule has 0 aromatic rings. The number of carbonyl (C=O) groups excluding carboxylic acids is 1. The highest BCUT2D eigenvalue weighted by Gasteiger charge is 2.38. The van der Waals surface area contributed by atoms with Crippen molar-refractivity contribution in [3.05, 3.63) is 0 Å². The largest absolute Gasteiger partial charge is 0.396 e. The monoisotopic (exact) mass is 207 g/mol. The van der Waals surface area contributed by atoms with E-state index in [2.05, 4.69) is 0 Å². The van der Waals surface area contributed by atoms with Crippen LogP contribution in [0.4, 0.5) is 8.78 Å². The molecule has 5 heteroatoms. The number of hydrogen-bond donors (Lipinski definition) is 1. The Morgan fingerprint density at radius 1 is 1.64 bits per heavy atom. The van der Waals surface area contributed by atoms with Crippen LogP contribution in [0.2, 0.25) is 0 Å². The quantitative estimate of drug-likeness (QED) is 0.730. The lowest BCUT2D eigenvalue weighted by molar-refractivity contribution is -0.157. The van der Waals surface area contributed by atoms with Crippen molar-refractivity contribution < 1.29 is 18.7 Å². The van der Waals surface area contributed by atoms with Crippen LogP contribution >= 0.6 is 0 Å². The Morgan fingerprint density at radius 2 is 2.29 bits per heavy atom. The minimum absolute atomic E-state index is 0.0426. The zero-order chi connectivity index (χ0) is 10.8. The second-order valence-corrected chi connectivity index (χ2v) is 3.83. The molecule has 0 aliphatic carbocycles. The maximum absolute atomic E-state index is 12.7. The molecule has 1 N–H and O–H groups in total. The van der Waals surface area contributed by atoms with Crippen LogP contribution in [0.15, 0.2) is 0 Å². The standard InChI is InChI=1S/C9H15F2NO2/c1-9(10,11)8(14)12-4-2-3-7(5-12)6-13/h7,13H,2-6H2,1H3. The number of nitrogens with zero attached hydrogens (tertiary/aromatic N) is 1. The summed E-state index contributed by atoms with van der Waals surface area (Å²) in [5.41, 5.74) is 0. The SMILES string of the molecule is CC(F)(F)C(=O)N1CCCC(CO)C1. The smallest absolute Gasteiger partial charge is 0.322 e. The maximum atomic E-state index is 12.7. The van der Waals surface area contributed by atoms with Crippen LogP contribution < -0.4 is 0 Å². The molecule has 0 bridgehead atoms. The second-order valence-electron chi connectivity index (χ2n) is 3.83. The van der Waals surface area contributed by atoms with Gasteiger partial charge in [-0.25, -0.2) is 0 Å². The van der Waals surface area contributed by atoms with Crippen LogP contribution in [0.5, 0.6) is 0 Å². The van der Waals surface area contributed by atoms with Crippen LogP contribution in [0.1, 0.15) is 19.8 Å². The molecule has 1 aliphatic rings. The molecular formula is C9H15F2NO2. The highest BCUT2D eigenvalue weighted by atomic mass is 19.3. The van der Waals surface area contributed by atoms with Gasteiger partial charge in [0.1, 0.15) is 0 Å². The molecule has 1 fully saturated rings. The molecule has 14 heavy (non-hydrogen) atoms. The van der Waals surface area contributed by atoms with Crippen molar-refractivity contribution in [2.45, 2.75) is 25.7 Å². The fourth-order valence-corrected chi connectivity index (χ4v) is 1.68. The zero-order valence-electron chi connectivity index (χ0n) is 8.17.